The fourth-order valence-electron chi connectivity index (χ4n) is 0.928. The van der Waals surface area contributed by atoms with Crippen molar-refractivity contribution in [2.45, 2.75) is 17.9 Å². The van der Waals surface area contributed by atoms with Gasteiger partial charge in [0.25, 0.3) is 0 Å². The van der Waals surface area contributed by atoms with Gasteiger partial charge in [-0.05, 0) is 19.1 Å². The highest BCUT2D eigenvalue weighted by Crippen LogP contribution is 2.16. The second-order valence-corrected chi connectivity index (χ2v) is 4.13. The molecule has 0 saturated carbocycles. The summed E-state index contributed by atoms with van der Waals surface area (Å²) in [5.74, 6) is 0.544. The van der Waals surface area contributed by atoms with Crippen LogP contribution in [-0.4, -0.2) is 23.3 Å². The largest absolute Gasteiger partial charge is 0.468 e. The quantitative estimate of drug-likeness (QED) is 0.713. The van der Waals surface area contributed by atoms with Crippen molar-refractivity contribution in [3.8, 4) is 0 Å². The van der Waals surface area contributed by atoms with E-state index < -0.39 is 0 Å². The number of nitrogens with zero attached hydrogens (tertiary/aromatic N) is 1. The zero-order chi connectivity index (χ0) is 10.4. The summed E-state index contributed by atoms with van der Waals surface area (Å²) in [6, 6.07) is 5.75. The Hall–Kier alpha value is -1.03. The normalized spacial score (nSPS) is 12.1. The molecule has 0 amide bonds. The molecule has 1 rings (SSSR count). The van der Waals surface area contributed by atoms with E-state index in [1.807, 2.05) is 25.1 Å². The Morgan fingerprint density at radius 1 is 1.64 bits per heavy atom. The highest BCUT2D eigenvalue weighted by Gasteiger charge is 2.13. The Labute approximate surface area is 87.9 Å². The Bertz CT molecular complexity index is 289. The van der Waals surface area contributed by atoms with E-state index in [9.17, 15) is 4.79 Å². The zero-order valence-electron chi connectivity index (χ0n) is 8.27. The minimum Gasteiger partial charge on any atom is -0.468 e. The van der Waals surface area contributed by atoms with Crippen molar-refractivity contribution < 1.29 is 9.53 Å². The van der Waals surface area contributed by atoms with Crippen molar-refractivity contribution in [3.05, 3.63) is 30.1 Å². The summed E-state index contributed by atoms with van der Waals surface area (Å²) in [6.45, 7) is 1.83. The highest BCUT2D eigenvalue weighted by molar-refractivity contribution is 7.99. The lowest BCUT2D eigenvalue weighted by molar-refractivity contribution is -0.139. The van der Waals surface area contributed by atoms with Crippen LogP contribution in [0.25, 0.3) is 0 Å². The number of aromatic nitrogens is 1. The van der Waals surface area contributed by atoms with E-state index in [0.29, 0.717) is 0 Å². The molecule has 0 fully saturated rings. The molecule has 0 unspecified atom stereocenters. The molecule has 14 heavy (non-hydrogen) atoms. The molecule has 4 heteroatoms. The van der Waals surface area contributed by atoms with Gasteiger partial charge in [-0.1, -0.05) is 6.07 Å². The van der Waals surface area contributed by atoms with Gasteiger partial charge in [-0.15, -0.1) is 11.8 Å². The molecule has 0 aliphatic rings. The van der Waals surface area contributed by atoms with Gasteiger partial charge in [-0.3, -0.25) is 9.78 Å². The maximum atomic E-state index is 11.1. The molecule has 0 radical (unpaired) electrons. The number of methoxy groups -OCH3 is 1. The molecule has 0 N–H and O–H groups in total. The lowest BCUT2D eigenvalue weighted by Crippen LogP contribution is -2.14. The van der Waals surface area contributed by atoms with Gasteiger partial charge in [0.05, 0.1) is 18.1 Å². The van der Waals surface area contributed by atoms with E-state index >= 15 is 0 Å². The van der Waals surface area contributed by atoms with E-state index in [4.69, 9.17) is 0 Å². The molecule has 3 nitrogen and oxygen atoms in total. The average Bonchev–Trinajstić information content (AvgIpc) is 2.26. The number of pyridine rings is 1. The minimum atomic E-state index is -0.189. The van der Waals surface area contributed by atoms with Crippen molar-refractivity contribution in [2.75, 3.05) is 7.11 Å². The van der Waals surface area contributed by atoms with E-state index in [2.05, 4.69) is 9.72 Å². The Balaban J connectivity index is 2.38. The number of esters is 1. The summed E-state index contributed by atoms with van der Waals surface area (Å²) in [6.07, 6.45) is 1.75. The van der Waals surface area contributed by atoms with Crippen LogP contribution in [0, 0.1) is 0 Å². The summed E-state index contributed by atoms with van der Waals surface area (Å²) in [4.78, 5) is 15.2. The van der Waals surface area contributed by atoms with E-state index in [1.54, 1.807) is 6.20 Å². The number of hydrogen-bond acceptors (Lipinski definition) is 4. The first kappa shape index (κ1) is 11.0. The predicted octanol–water partition coefficient (Wildman–Crippen LogP) is 1.88. The number of ether oxygens (including phenoxy) is 1. The second-order valence-electron chi connectivity index (χ2n) is 2.80. The van der Waals surface area contributed by atoms with Crippen LogP contribution < -0.4 is 0 Å². The lowest BCUT2D eigenvalue weighted by Gasteiger charge is -2.07. The maximum Gasteiger partial charge on any atom is 0.318 e. The molecular formula is C10H13NO2S. The van der Waals surface area contributed by atoms with Crippen LogP contribution in [0.2, 0.25) is 0 Å². The van der Waals surface area contributed by atoms with Gasteiger partial charge in [-0.25, -0.2) is 0 Å². The smallest absolute Gasteiger partial charge is 0.318 e. The summed E-state index contributed by atoms with van der Waals surface area (Å²) >= 11 is 1.53. The van der Waals surface area contributed by atoms with Gasteiger partial charge in [-0.2, -0.15) is 0 Å². The monoisotopic (exact) mass is 211 g/mol. The van der Waals surface area contributed by atoms with Crippen LogP contribution in [0.4, 0.5) is 0 Å². The first-order chi connectivity index (χ1) is 6.74. The van der Waals surface area contributed by atoms with Crippen LogP contribution in [-0.2, 0) is 15.3 Å². The van der Waals surface area contributed by atoms with E-state index in [0.717, 1.165) is 11.4 Å². The Kier molecular flexibility index (Phi) is 4.46. The van der Waals surface area contributed by atoms with Gasteiger partial charge in [0, 0.05) is 11.9 Å². The minimum absolute atomic E-state index is 0.137. The molecule has 0 aliphatic carbocycles. The molecule has 1 aromatic heterocycles. The van der Waals surface area contributed by atoms with E-state index in [-0.39, 0.29) is 11.2 Å². The average molecular weight is 211 g/mol. The summed E-state index contributed by atoms with van der Waals surface area (Å²) in [5.41, 5.74) is 0.980. The van der Waals surface area contributed by atoms with Gasteiger partial charge in [0.2, 0.25) is 0 Å². The van der Waals surface area contributed by atoms with Crippen molar-refractivity contribution in [3.63, 3.8) is 0 Å². The van der Waals surface area contributed by atoms with Crippen molar-refractivity contribution in [2.24, 2.45) is 0 Å². The molecule has 76 valence electrons. The fourth-order valence-corrected chi connectivity index (χ4v) is 1.75. The molecule has 0 bridgehead atoms. The third kappa shape index (κ3) is 3.38. The number of thioether (sulfide) groups is 1. The molecule has 0 aromatic carbocycles. The number of hydrogen-bond donors (Lipinski definition) is 0. The predicted molar refractivity (Wildman–Crippen MR) is 57.0 cm³/mol. The molecule has 0 aliphatic heterocycles. The molecule has 1 aromatic rings. The van der Waals surface area contributed by atoms with Gasteiger partial charge in [0.15, 0.2) is 0 Å². The van der Waals surface area contributed by atoms with Gasteiger partial charge < -0.3 is 4.74 Å². The van der Waals surface area contributed by atoms with Gasteiger partial charge >= 0.3 is 5.97 Å². The molecule has 1 heterocycles. The number of rotatable bonds is 4. The van der Waals surface area contributed by atoms with Crippen LogP contribution in [0.3, 0.4) is 0 Å². The third-order valence-electron chi connectivity index (χ3n) is 1.74. The fraction of sp³-hybridized carbons (Fsp3) is 0.400. The Morgan fingerprint density at radius 3 is 3.00 bits per heavy atom. The van der Waals surface area contributed by atoms with Crippen LogP contribution in [0.5, 0.6) is 0 Å². The SMILES string of the molecule is COC(=O)[C@@H](C)SCc1ccccn1. The Morgan fingerprint density at radius 2 is 2.43 bits per heavy atom. The zero-order valence-corrected chi connectivity index (χ0v) is 9.08. The molecule has 0 saturated heterocycles. The molecular weight excluding hydrogens is 198 g/mol. The van der Waals surface area contributed by atoms with Gasteiger partial charge in [0.1, 0.15) is 0 Å². The number of carbonyl (C=O) groups excluding carboxylic acids is 1. The van der Waals surface area contributed by atoms with Crippen molar-refractivity contribution >= 4 is 17.7 Å². The van der Waals surface area contributed by atoms with Crippen LogP contribution in [0.15, 0.2) is 24.4 Å². The van der Waals surface area contributed by atoms with Crippen molar-refractivity contribution in [1.29, 1.82) is 0 Å². The topological polar surface area (TPSA) is 39.2 Å². The first-order valence-electron chi connectivity index (χ1n) is 4.33. The van der Waals surface area contributed by atoms with Crippen molar-refractivity contribution in [1.82, 2.24) is 4.98 Å². The maximum absolute atomic E-state index is 11.1. The summed E-state index contributed by atoms with van der Waals surface area (Å²) < 4.78 is 4.62. The molecule has 1 atom stereocenters. The highest BCUT2D eigenvalue weighted by atomic mass is 32.2. The summed E-state index contributed by atoms with van der Waals surface area (Å²) in [7, 11) is 1.40. The first-order valence-corrected chi connectivity index (χ1v) is 5.38. The lowest BCUT2D eigenvalue weighted by atomic mass is 10.4. The standard InChI is InChI=1S/C10H13NO2S/c1-8(10(12)13-2)14-7-9-5-3-4-6-11-9/h3-6,8H,7H2,1-2H3/t8-/m1/s1. The number of carbonyl (C=O) groups is 1. The van der Waals surface area contributed by atoms with E-state index in [1.165, 1.54) is 18.9 Å². The van der Waals surface area contributed by atoms with Crippen LogP contribution >= 0.6 is 11.8 Å². The summed E-state index contributed by atoms with van der Waals surface area (Å²) in [5, 5.41) is -0.137. The second kappa shape index (κ2) is 5.65. The van der Waals surface area contributed by atoms with Crippen LogP contribution in [0.1, 0.15) is 12.6 Å². The molecule has 0 spiro atoms. The third-order valence-corrected chi connectivity index (χ3v) is 2.90.